The van der Waals surface area contributed by atoms with E-state index >= 15 is 0 Å². The number of aliphatic hydroxyl groups excluding tert-OH is 1. The summed E-state index contributed by atoms with van der Waals surface area (Å²) in [6.45, 7) is 1.92. The summed E-state index contributed by atoms with van der Waals surface area (Å²) in [5.41, 5.74) is 4.66. The van der Waals surface area contributed by atoms with Crippen LogP contribution in [0, 0.1) is 6.92 Å². The van der Waals surface area contributed by atoms with Crippen LogP contribution in [0.1, 0.15) is 22.2 Å². The van der Waals surface area contributed by atoms with Crippen molar-refractivity contribution in [1.82, 2.24) is 4.98 Å². The molecule has 4 heteroatoms. The Balaban J connectivity index is 2.34. The summed E-state index contributed by atoms with van der Waals surface area (Å²) in [7, 11) is 3.98. The van der Waals surface area contributed by atoms with Crippen LogP contribution in [0.3, 0.4) is 0 Å². The molecule has 0 aliphatic rings. The molecule has 0 fully saturated rings. The lowest BCUT2D eigenvalue weighted by molar-refractivity contribution is 0.223. The summed E-state index contributed by atoms with van der Waals surface area (Å²) in [4.78, 5) is 7.11. The lowest BCUT2D eigenvalue weighted by atomic mass is 10.1. The van der Waals surface area contributed by atoms with E-state index in [0.29, 0.717) is 0 Å². The average Bonchev–Trinajstić information content (AvgIpc) is 2.74. The van der Waals surface area contributed by atoms with Gasteiger partial charge in [0.1, 0.15) is 6.10 Å². The van der Waals surface area contributed by atoms with Crippen LogP contribution in [-0.2, 0) is 0 Å². The second-order valence-corrected chi connectivity index (χ2v) is 5.08. The normalized spacial score (nSPS) is 12.5. The van der Waals surface area contributed by atoms with E-state index in [4.69, 9.17) is 0 Å². The maximum atomic E-state index is 10.3. The molecular formula is C13H16N2OS. The van der Waals surface area contributed by atoms with Crippen molar-refractivity contribution < 1.29 is 5.11 Å². The summed E-state index contributed by atoms with van der Waals surface area (Å²) in [5, 5.41) is 10.3. The van der Waals surface area contributed by atoms with Crippen molar-refractivity contribution >= 4 is 17.0 Å². The van der Waals surface area contributed by atoms with Crippen molar-refractivity contribution in [2.24, 2.45) is 0 Å². The molecular weight excluding hydrogens is 232 g/mol. The smallest absolute Gasteiger partial charge is 0.115 e. The van der Waals surface area contributed by atoms with Crippen molar-refractivity contribution in [3.8, 4) is 0 Å². The Hall–Kier alpha value is -1.39. The van der Waals surface area contributed by atoms with Gasteiger partial charge in [-0.15, -0.1) is 11.3 Å². The first-order valence-corrected chi connectivity index (χ1v) is 6.33. The second-order valence-electron chi connectivity index (χ2n) is 4.19. The molecule has 17 heavy (non-hydrogen) atoms. The van der Waals surface area contributed by atoms with E-state index in [1.807, 2.05) is 50.2 Å². The topological polar surface area (TPSA) is 36.4 Å². The van der Waals surface area contributed by atoms with Crippen LogP contribution in [-0.4, -0.2) is 24.2 Å². The van der Waals surface area contributed by atoms with Gasteiger partial charge in [0, 0.05) is 19.8 Å². The first-order valence-electron chi connectivity index (χ1n) is 5.45. The fraction of sp³-hybridized carbons (Fsp3) is 0.308. The third-order valence-electron chi connectivity index (χ3n) is 2.73. The van der Waals surface area contributed by atoms with E-state index in [2.05, 4.69) is 4.98 Å². The van der Waals surface area contributed by atoms with E-state index in [1.165, 1.54) is 11.3 Å². The fourth-order valence-electron chi connectivity index (χ4n) is 1.70. The van der Waals surface area contributed by atoms with Gasteiger partial charge in [0.05, 0.1) is 16.1 Å². The lowest BCUT2D eigenvalue weighted by Crippen LogP contribution is -2.09. The minimum absolute atomic E-state index is 0.581. The number of nitrogens with zero attached hydrogens (tertiary/aromatic N) is 2. The number of hydrogen-bond acceptors (Lipinski definition) is 4. The van der Waals surface area contributed by atoms with E-state index in [9.17, 15) is 5.11 Å². The van der Waals surface area contributed by atoms with Gasteiger partial charge < -0.3 is 10.0 Å². The first kappa shape index (κ1) is 12.1. The van der Waals surface area contributed by atoms with Gasteiger partial charge in [-0.2, -0.15) is 0 Å². The lowest BCUT2D eigenvalue weighted by Gasteiger charge is -2.16. The minimum Gasteiger partial charge on any atom is -0.383 e. The number of aromatic nitrogens is 1. The maximum Gasteiger partial charge on any atom is 0.115 e. The zero-order valence-electron chi connectivity index (χ0n) is 10.2. The Bertz CT molecular complexity index is 508. The monoisotopic (exact) mass is 248 g/mol. The number of aryl methyl sites for hydroxylation is 1. The maximum absolute atomic E-state index is 10.3. The molecule has 0 spiro atoms. The quantitative estimate of drug-likeness (QED) is 0.907. The Kier molecular flexibility index (Phi) is 3.45. The molecule has 3 nitrogen and oxygen atoms in total. The number of hydrogen-bond donors (Lipinski definition) is 1. The number of rotatable bonds is 3. The van der Waals surface area contributed by atoms with Crippen LogP contribution >= 0.6 is 11.3 Å². The molecule has 0 saturated heterocycles. The van der Waals surface area contributed by atoms with Crippen LogP contribution in [0.4, 0.5) is 5.69 Å². The molecule has 1 unspecified atom stereocenters. The number of aliphatic hydroxyl groups is 1. The van der Waals surface area contributed by atoms with Gasteiger partial charge in [-0.1, -0.05) is 12.1 Å². The van der Waals surface area contributed by atoms with Crippen molar-refractivity contribution in [3.05, 3.63) is 45.9 Å². The van der Waals surface area contributed by atoms with Crippen molar-refractivity contribution in [2.75, 3.05) is 19.0 Å². The Labute approximate surface area is 105 Å². The Morgan fingerprint density at radius 3 is 2.71 bits per heavy atom. The van der Waals surface area contributed by atoms with E-state index < -0.39 is 6.10 Å². The highest BCUT2D eigenvalue weighted by molar-refractivity contribution is 7.09. The third kappa shape index (κ3) is 2.48. The van der Waals surface area contributed by atoms with Gasteiger partial charge in [0.25, 0.3) is 0 Å². The van der Waals surface area contributed by atoms with Gasteiger partial charge in [0.15, 0.2) is 0 Å². The largest absolute Gasteiger partial charge is 0.383 e. The molecule has 2 rings (SSSR count). The van der Waals surface area contributed by atoms with Gasteiger partial charge in [-0.25, -0.2) is 4.98 Å². The van der Waals surface area contributed by atoms with Crippen LogP contribution in [0.2, 0.25) is 0 Å². The Morgan fingerprint density at radius 1 is 1.35 bits per heavy atom. The molecule has 1 N–H and O–H groups in total. The first-order chi connectivity index (χ1) is 8.09. The molecule has 0 aliphatic carbocycles. The summed E-state index contributed by atoms with van der Waals surface area (Å²) in [6, 6.07) is 7.93. The van der Waals surface area contributed by atoms with Crippen LogP contribution in [0.5, 0.6) is 0 Å². The van der Waals surface area contributed by atoms with Crippen molar-refractivity contribution in [2.45, 2.75) is 13.0 Å². The summed E-state index contributed by atoms with van der Waals surface area (Å²) < 4.78 is 0. The summed E-state index contributed by atoms with van der Waals surface area (Å²) in [6.07, 6.45) is -0.581. The predicted molar refractivity (Wildman–Crippen MR) is 71.7 cm³/mol. The third-order valence-corrected chi connectivity index (χ3v) is 3.72. The molecule has 0 radical (unpaired) electrons. The molecule has 1 aromatic carbocycles. The van der Waals surface area contributed by atoms with Gasteiger partial charge >= 0.3 is 0 Å². The summed E-state index contributed by atoms with van der Waals surface area (Å²) >= 11 is 1.49. The molecule has 0 saturated carbocycles. The minimum atomic E-state index is -0.581. The Morgan fingerprint density at radius 2 is 2.12 bits per heavy atom. The molecule has 0 aliphatic heterocycles. The highest BCUT2D eigenvalue weighted by Crippen LogP contribution is 2.29. The van der Waals surface area contributed by atoms with Gasteiger partial charge in [0.2, 0.25) is 0 Å². The number of benzene rings is 1. The number of thiazole rings is 1. The molecule has 0 amide bonds. The standard InChI is InChI=1S/C13H16N2OS/c1-9-13(17-8-14-9)12(16)10-5-4-6-11(7-10)15(2)3/h4-8,12,16H,1-3H3. The van der Waals surface area contributed by atoms with Gasteiger partial charge in [-0.05, 0) is 24.6 Å². The highest BCUT2D eigenvalue weighted by Gasteiger charge is 2.15. The predicted octanol–water partition coefficient (Wildman–Crippen LogP) is 2.60. The van der Waals surface area contributed by atoms with Crippen LogP contribution < -0.4 is 4.90 Å². The number of anilines is 1. The highest BCUT2D eigenvalue weighted by atomic mass is 32.1. The second kappa shape index (κ2) is 4.85. The van der Waals surface area contributed by atoms with E-state index in [0.717, 1.165) is 21.8 Å². The zero-order chi connectivity index (χ0) is 12.4. The SMILES string of the molecule is Cc1ncsc1C(O)c1cccc(N(C)C)c1. The van der Waals surface area contributed by atoms with Crippen molar-refractivity contribution in [1.29, 1.82) is 0 Å². The average molecular weight is 248 g/mol. The molecule has 1 atom stereocenters. The van der Waals surface area contributed by atoms with Gasteiger partial charge in [-0.3, -0.25) is 0 Å². The molecule has 2 aromatic rings. The molecule has 1 heterocycles. The van der Waals surface area contributed by atoms with Crippen LogP contribution in [0.15, 0.2) is 29.8 Å². The molecule has 0 bridgehead atoms. The summed E-state index contributed by atoms with van der Waals surface area (Å²) in [5.74, 6) is 0. The van der Waals surface area contributed by atoms with Crippen molar-refractivity contribution in [3.63, 3.8) is 0 Å². The van der Waals surface area contributed by atoms with E-state index in [-0.39, 0.29) is 0 Å². The zero-order valence-corrected chi connectivity index (χ0v) is 11.0. The fourth-order valence-corrected chi connectivity index (χ4v) is 2.51. The molecule has 1 aromatic heterocycles. The van der Waals surface area contributed by atoms with Crippen LogP contribution in [0.25, 0.3) is 0 Å². The molecule has 90 valence electrons. The van der Waals surface area contributed by atoms with E-state index in [1.54, 1.807) is 5.51 Å².